The van der Waals surface area contributed by atoms with Crippen molar-refractivity contribution in [3.63, 3.8) is 0 Å². The molecule has 0 radical (unpaired) electrons. The van der Waals surface area contributed by atoms with Gasteiger partial charge in [0.2, 0.25) is 0 Å². The third-order valence-corrected chi connectivity index (χ3v) is 4.40. The van der Waals surface area contributed by atoms with E-state index in [1.165, 1.54) is 31.5 Å². The number of nitrogens with zero attached hydrogens (tertiary/aromatic N) is 1. The quantitative estimate of drug-likeness (QED) is 0.772. The van der Waals surface area contributed by atoms with E-state index in [4.69, 9.17) is 0 Å². The van der Waals surface area contributed by atoms with Gasteiger partial charge in [0, 0.05) is 22.1 Å². The second-order valence-electron chi connectivity index (χ2n) is 5.52. The maximum Gasteiger partial charge on any atom is 0.193 e. The van der Waals surface area contributed by atoms with Crippen molar-refractivity contribution in [1.29, 1.82) is 0 Å². The zero-order chi connectivity index (χ0) is 14.7. The van der Waals surface area contributed by atoms with Gasteiger partial charge in [0.15, 0.2) is 5.78 Å². The average molecular weight is 344 g/mol. The Morgan fingerprint density at radius 1 is 1.00 bits per heavy atom. The lowest BCUT2D eigenvalue weighted by atomic mass is 10.0. The standard InChI is InChI=1S/C18H18BrNO/c19-17-5-3-4-16(12-17)18(21)15-8-6-14(7-9-15)13-20-10-1-2-11-20/h3-9,12H,1-2,10-11,13H2. The molecule has 108 valence electrons. The molecule has 0 N–H and O–H groups in total. The van der Waals surface area contributed by atoms with Gasteiger partial charge in [0.25, 0.3) is 0 Å². The van der Waals surface area contributed by atoms with E-state index in [1.54, 1.807) is 0 Å². The van der Waals surface area contributed by atoms with Crippen molar-refractivity contribution in [2.45, 2.75) is 19.4 Å². The summed E-state index contributed by atoms with van der Waals surface area (Å²) in [6, 6.07) is 15.6. The van der Waals surface area contributed by atoms with Gasteiger partial charge in [-0.3, -0.25) is 9.69 Å². The molecule has 1 fully saturated rings. The van der Waals surface area contributed by atoms with Crippen LogP contribution in [0.25, 0.3) is 0 Å². The molecule has 0 amide bonds. The first-order chi connectivity index (χ1) is 10.2. The topological polar surface area (TPSA) is 20.3 Å². The van der Waals surface area contributed by atoms with Gasteiger partial charge in [-0.2, -0.15) is 0 Å². The smallest absolute Gasteiger partial charge is 0.193 e. The maximum absolute atomic E-state index is 12.4. The van der Waals surface area contributed by atoms with Crippen molar-refractivity contribution in [2.75, 3.05) is 13.1 Å². The molecule has 3 rings (SSSR count). The van der Waals surface area contributed by atoms with Crippen LogP contribution in [0.5, 0.6) is 0 Å². The normalized spacial score (nSPS) is 15.3. The molecule has 2 aromatic rings. The van der Waals surface area contributed by atoms with E-state index in [9.17, 15) is 4.79 Å². The van der Waals surface area contributed by atoms with Crippen LogP contribution in [0.15, 0.2) is 53.0 Å². The Morgan fingerprint density at radius 2 is 1.71 bits per heavy atom. The first-order valence-electron chi connectivity index (χ1n) is 7.34. The third-order valence-electron chi connectivity index (χ3n) is 3.91. The number of hydrogen-bond acceptors (Lipinski definition) is 2. The van der Waals surface area contributed by atoms with E-state index in [2.05, 4.69) is 33.0 Å². The van der Waals surface area contributed by atoms with Gasteiger partial charge >= 0.3 is 0 Å². The lowest BCUT2D eigenvalue weighted by molar-refractivity contribution is 0.103. The molecule has 1 aliphatic heterocycles. The SMILES string of the molecule is O=C(c1ccc(CN2CCCC2)cc1)c1cccc(Br)c1. The summed E-state index contributed by atoms with van der Waals surface area (Å²) in [7, 11) is 0. The van der Waals surface area contributed by atoms with Crippen molar-refractivity contribution in [3.05, 3.63) is 69.7 Å². The molecule has 0 bridgehead atoms. The number of rotatable bonds is 4. The molecule has 0 unspecified atom stereocenters. The highest BCUT2D eigenvalue weighted by Crippen LogP contribution is 2.17. The summed E-state index contributed by atoms with van der Waals surface area (Å²) < 4.78 is 0.930. The van der Waals surface area contributed by atoms with Crippen molar-refractivity contribution in [1.82, 2.24) is 4.90 Å². The molecule has 3 heteroatoms. The fraction of sp³-hybridized carbons (Fsp3) is 0.278. The summed E-state index contributed by atoms with van der Waals surface area (Å²) in [5.74, 6) is 0.0732. The van der Waals surface area contributed by atoms with Gasteiger partial charge in [0.05, 0.1) is 0 Å². The molecule has 1 saturated heterocycles. The van der Waals surface area contributed by atoms with Crippen LogP contribution < -0.4 is 0 Å². The fourth-order valence-electron chi connectivity index (χ4n) is 2.76. The summed E-state index contributed by atoms with van der Waals surface area (Å²) in [5.41, 5.74) is 2.75. The molecule has 0 spiro atoms. The van der Waals surface area contributed by atoms with Crippen LogP contribution in [0, 0.1) is 0 Å². The molecular weight excluding hydrogens is 326 g/mol. The van der Waals surface area contributed by atoms with E-state index in [0.717, 1.165) is 22.1 Å². The van der Waals surface area contributed by atoms with E-state index < -0.39 is 0 Å². The zero-order valence-corrected chi connectivity index (χ0v) is 13.5. The number of ketones is 1. The number of likely N-dealkylation sites (tertiary alicyclic amines) is 1. The number of benzene rings is 2. The van der Waals surface area contributed by atoms with Crippen molar-refractivity contribution >= 4 is 21.7 Å². The molecule has 1 aliphatic rings. The van der Waals surface area contributed by atoms with Crippen LogP contribution in [0.1, 0.15) is 34.3 Å². The van der Waals surface area contributed by atoms with Crippen LogP contribution in [0.3, 0.4) is 0 Å². The summed E-state index contributed by atoms with van der Waals surface area (Å²) in [6.07, 6.45) is 2.61. The van der Waals surface area contributed by atoms with Gasteiger partial charge in [-0.1, -0.05) is 52.3 Å². The molecule has 21 heavy (non-hydrogen) atoms. The molecule has 2 nitrogen and oxygen atoms in total. The maximum atomic E-state index is 12.4. The third kappa shape index (κ3) is 3.60. The van der Waals surface area contributed by atoms with Crippen molar-refractivity contribution < 1.29 is 4.79 Å². The van der Waals surface area contributed by atoms with Crippen LogP contribution >= 0.6 is 15.9 Å². The first-order valence-corrected chi connectivity index (χ1v) is 8.13. The van der Waals surface area contributed by atoms with E-state index in [1.807, 2.05) is 36.4 Å². The highest BCUT2D eigenvalue weighted by atomic mass is 79.9. The monoisotopic (exact) mass is 343 g/mol. The van der Waals surface area contributed by atoms with E-state index in [-0.39, 0.29) is 5.78 Å². The lowest BCUT2D eigenvalue weighted by Gasteiger charge is -2.14. The minimum Gasteiger partial charge on any atom is -0.299 e. The molecule has 1 heterocycles. The molecule has 0 aliphatic carbocycles. The highest BCUT2D eigenvalue weighted by Gasteiger charge is 2.13. The number of hydrogen-bond donors (Lipinski definition) is 0. The van der Waals surface area contributed by atoms with Gasteiger partial charge in [-0.25, -0.2) is 0 Å². The second kappa shape index (κ2) is 6.54. The number of carbonyl (C=O) groups is 1. The second-order valence-corrected chi connectivity index (χ2v) is 6.44. The predicted molar refractivity (Wildman–Crippen MR) is 88.5 cm³/mol. The Morgan fingerprint density at radius 3 is 2.38 bits per heavy atom. The summed E-state index contributed by atoms with van der Waals surface area (Å²) in [6.45, 7) is 3.38. The van der Waals surface area contributed by atoms with E-state index >= 15 is 0 Å². The number of halogens is 1. The van der Waals surface area contributed by atoms with Crippen molar-refractivity contribution in [3.8, 4) is 0 Å². The highest BCUT2D eigenvalue weighted by molar-refractivity contribution is 9.10. The van der Waals surface area contributed by atoms with Crippen molar-refractivity contribution in [2.24, 2.45) is 0 Å². The lowest BCUT2D eigenvalue weighted by Crippen LogP contribution is -2.18. The number of carbonyl (C=O) groups excluding carboxylic acids is 1. The zero-order valence-electron chi connectivity index (χ0n) is 11.9. The summed E-state index contributed by atoms with van der Waals surface area (Å²) in [4.78, 5) is 14.9. The first kappa shape index (κ1) is 14.5. The predicted octanol–water partition coefficient (Wildman–Crippen LogP) is 4.28. The van der Waals surface area contributed by atoms with Gasteiger partial charge in [-0.15, -0.1) is 0 Å². The Balaban J connectivity index is 1.72. The summed E-state index contributed by atoms with van der Waals surface area (Å²) >= 11 is 3.41. The average Bonchev–Trinajstić information content (AvgIpc) is 3.00. The van der Waals surface area contributed by atoms with Crippen LogP contribution in [-0.4, -0.2) is 23.8 Å². The van der Waals surface area contributed by atoms with E-state index in [0.29, 0.717) is 0 Å². The molecule has 0 aromatic heterocycles. The minimum absolute atomic E-state index is 0.0732. The molecule has 0 saturated carbocycles. The van der Waals surface area contributed by atoms with Gasteiger partial charge in [-0.05, 0) is 43.6 Å². The Bertz CT molecular complexity index is 630. The van der Waals surface area contributed by atoms with Crippen LogP contribution in [0.2, 0.25) is 0 Å². The van der Waals surface area contributed by atoms with Crippen LogP contribution in [0.4, 0.5) is 0 Å². The van der Waals surface area contributed by atoms with Gasteiger partial charge < -0.3 is 0 Å². The minimum atomic E-state index is 0.0732. The Labute approximate surface area is 133 Å². The fourth-order valence-corrected chi connectivity index (χ4v) is 3.16. The Hall–Kier alpha value is -1.45. The van der Waals surface area contributed by atoms with Crippen LogP contribution in [-0.2, 0) is 6.54 Å². The molecule has 0 atom stereocenters. The molecule has 2 aromatic carbocycles. The Kier molecular flexibility index (Phi) is 4.51. The van der Waals surface area contributed by atoms with Gasteiger partial charge in [0.1, 0.15) is 0 Å². The largest absolute Gasteiger partial charge is 0.299 e. The summed E-state index contributed by atoms with van der Waals surface area (Å²) in [5, 5.41) is 0. The molecular formula is C18H18BrNO.